The minimum atomic E-state index is -0.789. The molecule has 0 bridgehead atoms. The number of carbonyl (C=O) groups is 1. The number of rotatable bonds is 9. The fourth-order valence-corrected chi connectivity index (χ4v) is 3.46. The van der Waals surface area contributed by atoms with Crippen LogP contribution in [-0.4, -0.2) is 42.7 Å². The summed E-state index contributed by atoms with van der Waals surface area (Å²) in [6.07, 6.45) is 4.28. The number of nitrogens with zero attached hydrogens (tertiary/aromatic N) is 3. The number of carbonyl (C=O) groups excluding carboxylic acids is 1. The fraction of sp³-hybridized carbons (Fsp3) is 0.227. The van der Waals surface area contributed by atoms with Gasteiger partial charge in [0.05, 0.1) is 26.1 Å². The van der Waals surface area contributed by atoms with Gasteiger partial charge in [0.15, 0.2) is 6.10 Å². The van der Waals surface area contributed by atoms with E-state index in [9.17, 15) is 4.79 Å². The van der Waals surface area contributed by atoms with Gasteiger partial charge in [0.1, 0.15) is 16.0 Å². The molecular weight excluding hydrogens is 464 g/mol. The summed E-state index contributed by atoms with van der Waals surface area (Å²) in [6.45, 7) is 2.21. The lowest BCUT2D eigenvalue weighted by molar-refractivity contribution is -0.132. The molecule has 1 atom stereocenters. The van der Waals surface area contributed by atoms with Crippen LogP contribution in [0.1, 0.15) is 24.2 Å². The monoisotopic (exact) mass is 486 g/mol. The molecule has 162 valence electrons. The van der Waals surface area contributed by atoms with E-state index in [0.29, 0.717) is 28.1 Å². The van der Waals surface area contributed by atoms with Crippen LogP contribution in [-0.2, 0) is 9.53 Å². The van der Waals surface area contributed by atoms with Crippen LogP contribution in [0.25, 0.3) is 5.69 Å². The molecule has 0 aliphatic rings. The molecule has 0 saturated heterocycles. The molecule has 1 heterocycles. The van der Waals surface area contributed by atoms with Crippen LogP contribution in [0.4, 0.5) is 0 Å². The summed E-state index contributed by atoms with van der Waals surface area (Å²) in [7, 11) is 3.12. The Morgan fingerprint density at radius 3 is 2.45 bits per heavy atom. The standard InChI is InChI=1S/C22H23BrN4O4/c1-4-31-21(16-6-8-17(9-7-16)27-11-5-10-25-27)22(28)26-24-14-15-12-18(29-2)20(23)19(13-15)30-3/h5-14,21H,4H2,1-3H3,(H,26,28)/b24-14+/t21-/m0/s1. The Hall–Kier alpha value is -3.17. The maximum atomic E-state index is 12.7. The number of benzene rings is 2. The number of halogens is 1. The average Bonchev–Trinajstić information content (AvgIpc) is 3.33. The molecule has 8 nitrogen and oxygen atoms in total. The topological polar surface area (TPSA) is 87.0 Å². The molecule has 0 aliphatic heterocycles. The highest BCUT2D eigenvalue weighted by Crippen LogP contribution is 2.35. The molecule has 1 N–H and O–H groups in total. The van der Waals surface area contributed by atoms with Crippen molar-refractivity contribution >= 4 is 28.1 Å². The van der Waals surface area contributed by atoms with Gasteiger partial charge in [-0.2, -0.15) is 10.2 Å². The van der Waals surface area contributed by atoms with Crippen molar-refractivity contribution in [1.82, 2.24) is 15.2 Å². The highest BCUT2D eigenvalue weighted by Gasteiger charge is 2.20. The average molecular weight is 487 g/mol. The van der Waals surface area contributed by atoms with Crippen LogP contribution >= 0.6 is 15.9 Å². The summed E-state index contributed by atoms with van der Waals surface area (Å²) in [4.78, 5) is 12.7. The number of ether oxygens (including phenoxy) is 3. The Bertz CT molecular complexity index is 1010. The maximum absolute atomic E-state index is 12.7. The molecule has 1 aromatic heterocycles. The summed E-state index contributed by atoms with van der Waals surface area (Å²) >= 11 is 3.42. The first kappa shape index (κ1) is 22.5. The van der Waals surface area contributed by atoms with Gasteiger partial charge >= 0.3 is 0 Å². The molecule has 9 heteroatoms. The number of methoxy groups -OCH3 is 2. The Kier molecular flexibility index (Phi) is 7.80. The Morgan fingerprint density at radius 1 is 1.23 bits per heavy atom. The highest BCUT2D eigenvalue weighted by molar-refractivity contribution is 9.10. The van der Waals surface area contributed by atoms with Crippen molar-refractivity contribution in [2.75, 3.05) is 20.8 Å². The quantitative estimate of drug-likeness (QED) is 0.366. The van der Waals surface area contributed by atoms with Gasteiger partial charge in [0.25, 0.3) is 5.91 Å². The first-order chi connectivity index (χ1) is 15.1. The molecule has 0 spiro atoms. The molecule has 0 radical (unpaired) electrons. The number of hydrogen-bond donors (Lipinski definition) is 1. The van der Waals surface area contributed by atoms with Crippen LogP contribution in [0.15, 0.2) is 64.4 Å². The Labute approximate surface area is 188 Å². The highest BCUT2D eigenvalue weighted by atomic mass is 79.9. The van der Waals surface area contributed by atoms with Gasteiger partial charge in [-0.25, -0.2) is 10.1 Å². The predicted octanol–water partition coefficient (Wildman–Crippen LogP) is 3.88. The number of nitrogens with one attached hydrogen (secondary N) is 1. The zero-order chi connectivity index (χ0) is 22.2. The van der Waals surface area contributed by atoms with Crippen LogP contribution < -0.4 is 14.9 Å². The second kappa shape index (κ2) is 10.7. The maximum Gasteiger partial charge on any atom is 0.273 e. The van der Waals surface area contributed by atoms with Crippen molar-refractivity contribution in [3.63, 3.8) is 0 Å². The molecule has 3 aromatic rings. The van der Waals surface area contributed by atoms with E-state index in [4.69, 9.17) is 14.2 Å². The molecular formula is C22H23BrN4O4. The lowest BCUT2D eigenvalue weighted by Gasteiger charge is -2.16. The summed E-state index contributed by atoms with van der Waals surface area (Å²) in [5, 5.41) is 8.26. The normalized spacial score (nSPS) is 12.0. The van der Waals surface area contributed by atoms with Crippen molar-refractivity contribution in [3.05, 3.63) is 70.5 Å². The van der Waals surface area contributed by atoms with Crippen molar-refractivity contribution < 1.29 is 19.0 Å². The second-order valence-electron chi connectivity index (χ2n) is 6.35. The zero-order valence-corrected chi connectivity index (χ0v) is 19.0. The van der Waals surface area contributed by atoms with E-state index in [-0.39, 0.29) is 5.91 Å². The minimum absolute atomic E-state index is 0.374. The van der Waals surface area contributed by atoms with E-state index in [1.807, 2.05) is 43.5 Å². The lowest BCUT2D eigenvalue weighted by atomic mass is 10.1. The zero-order valence-electron chi connectivity index (χ0n) is 17.4. The van der Waals surface area contributed by atoms with Gasteiger partial charge in [-0.1, -0.05) is 12.1 Å². The Morgan fingerprint density at radius 2 is 1.90 bits per heavy atom. The largest absolute Gasteiger partial charge is 0.495 e. The summed E-state index contributed by atoms with van der Waals surface area (Å²) < 4.78 is 18.7. The van der Waals surface area contributed by atoms with E-state index in [2.05, 4.69) is 31.6 Å². The van der Waals surface area contributed by atoms with E-state index in [0.717, 1.165) is 11.3 Å². The number of hydrogen-bond acceptors (Lipinski definition) is 6. The van der Waals surface area contributed by atoms with E-state index in [1.54, 1.807) is 37.2 Å². The molecule has 0 aliphatic carbocycles. The summed E-state index contributed by atoms with van der Waals surface area (Å²) in [5.41, 5.74) is 4.85. The van der Waals surface area contributed by atoms with Crippen molar-refractivity contribution in [3.8, 4) is 17.2 Å². The second-order valence-corrected chi connectivity index (χ2v) is 7.14. The van der Waals surface area contributed by atoms with E-state index in [1.165, 1.54) is 6.21 Å². The van der Waals surface area contributed by atoms with Gasteiger partial charge in [-0.05, 0) is 58.7 Å². The third-order valence-corrected chi connectivity index (χ3v) is 5.17. The summed E-state index contributed by atoms with van der Waals surface area (Å²) in [6, 6.07) is 12.8. The third kappa shape index (κ3) is 5.50. The van der Waals surface area contributed by atoms with Gasteiger partial charge in [-0.15, -0.1) is 0 Å². The van der Waals surface area contributed by atoms with Gasteiger partial charge < -0.3 is 14.2 Å². The number of aromatic nitrogens is 2. The smallest absolute Gasteiger partial charge is 0.273 e. The van der Waals surface area contributed by atoms with Gasteiger partial charge in [0.2, 0.25) is 0 Å². The fourth-order valence-electron chi connectivity index (χ4n) is 2.91. The first-order valence-corrected chi connectivity index (χ1v) is 10.3. The third-order valence-electron chi connectivity index (χ3n) is 4.39. The van der Waals surface area contributed by atoms with Crippen LogP contribution in [0.5, 0.6) is 11.5 Å². The van der Waals surface area contributed by atoms with Crippen molar-refractivity contribution in [2.45, 2.75) is 13.0 Å². The lowest BCUT2D eigenvalue weighted by Crippen LogP contribution is -2.27. The molecule has 2 aromatic carbocycles. The van der Waals surface area contributed by atoms with Crippen LogP contribution in [0.3, 0.4) is 0 Å². The molecule has 3 rings (SSSR count). The van der Waals surface area contributed by atoms with Gasteiger partial charge in [-0.3, -0.25) is 4.79 Å². The predicted molar refractivity (Wildman–Crippen MR) is 121 cm³/mol. The SMILES string of the molecule is CCO[C@H](C(=O)N/N=C/c1cc(OC)c(Br)c(OC)c1)c1ccc(-n2cccn2)cc1. The molecule has 0 saturated carbocycles. The molecule has 31 heavy (non-hydrogen) atoms. The van der Waals surface area contributed by atoms with E-state index < -0.39 is 6.10 Å². The minimum Gasteiger partial charge on any atom is -0.495 e. The first-order valence-electron chi connectivity index (χ1n) is 9.53. The summed E-state index contributed by atoms with van der Waals surface area (Å²) in [5.74, 6) is 0.814. The Balaban J connectivity index is 1.72. The van der Waals surface area contributed by atoms with Crippen LogP contribution in [0.2, 0.25) is 0 Å². The molecule has 0 unspecified atom stereocenters. The molecule has 1 amide bonds. The molecule has 0 fully saturated rings. The van der Waals surface area contributed by atoms with E-state index >= 15 is 0 Å². The van der Waals surface area contributed by atoms with Crippen LogP contribution in [0, 0.1) is 0 Å². The number of hydrazone groups is 1. The van der Waals surface area contributed by atoms with Crippen molar-refractivity contribution in [2.24, 2.45) is 5.10 Å². The van der Waals surface area contributed by atoms with Gasteiger partial charge in [0, 0.05) is 24.6 Å². The number of amides is 1. The van der Waals surface area contributed by atoms with Crippen molar-refractivity contribution in [1.29, 1.82) is 0 Å².